The molecule has 0 bridgehead atoms. The third-order valence-corrected chi connectivity index (χ3v) is 1.02. The van der Waals surface area contributed by atoms with E-state index in [1.54, 1.807) is 6.21 Å². The molecular formula is C5H7N3O. The average Bonchev–Trinajstić information content (AvgIpc) is 1.91. The number of isocyanates is 1. The predicted molar refractivity (Wildman–Crippen MR) is 33.0 cm³/mol. The zero-order chi connectivity index (χ0) is 6.53. The Bertz CT molecular complexity index is 160. The van der Waals surface area contributed by atoms with Gasteiger partial charge in [0.05, 0.1) is 0 Å². The largest absolute Gasteiger partial charge is 0.276 e. The number of hydrogen-bond donors (Lipinski definition) is 1. The molecule has 1 aliphatic rings. The van der Waals surface area contributed by atoms with Gasteiger partial charge in [0.25, 0.3) is 0 Å². The van der Waals surface area contributed by atoms with Crippen LogP contribution in [0, 0.1) is 0 Å². The molecule has 0 saturated heterocycles. The molecule has 1 heterocycles. The lowest BCUT2D eigenvalue weighted by atomic mass is 10.4. The lowest BCUT2D eigenvalue weighted by molar-refractivity contribution is 0.522. The summed E-state index contributed by atoms with van der Waals surface area (Å²) in [5.74, 6) is 0. The summed E-state index contributed by atoms with van der Waals surface area (Å²) < 4.78 is 0. The Labute approximate surface area is 52.7 Å². The Morgan fingerprint density at radius 1 is 1.89 bits per heavy atom. The van der Waals surface area contributed by atoms with Crippen LogP contribution in [0.25, 0.3) is 0 Å². The van der Waals surface area contributed by atoms with Crippen molar-refractivity contribution in [2.75, 3.05) is 6.54 Å². The molecule has 1 N–H and O–H groups in total. The van der Waals surface area contributed by atoms with E-state index in [1.165, 1.54) is 6.08 Å². The molecule has 0 spiro atoms. The van der Waals surface area contributed by atoms with E-state index in [9.17, 15) is 4.79 Å². The van der Waals surface area contributed by atoms with Crippen LogP contribution in [0.3, 0.4) is 0 Å². The third-order valence-electron chi connectivity index (χ3n) is 1.02. The second-order valence-electron chi connectivity index (χ2n) is 1.67. The summed E-state index contributed by atoms with van der Waals surface area (Å²) in [6.07, 6.45) is 3.72. The molecule has 0 aromatic heterocycles. The van der Waals surface area contributed by atoms with Crippen molar-refractivity contribution < 1.29 is 4.79 Å². The molecule has 0 radical (unpaired) electrons. The van der Waals surface area contributed by atoms with Crippen LogP contribution in [-0.4, -0.2) is 25.1 Å². The fourth-order valence-corrected chi connectivity index (χ4v) is 0.633. The molecule has 9 heavy (non-hydrogen) atoms. The normalized spacial score (nSPS) is 25.1. The highest BCUT2D eigenvalue weighted by Gasteiger charge is 2.03. The first-order chi connectivity index (χ1) is 4.43. The minimum absolute atomic E-state index is 0.378. The molecule has 0 aromatic rings. The highest BCUT2D eigenvalue weighted by Crippen LogP contribution is 1.91. The fraction of sp³-hybridized carbons (Fsp3) is 0.600. The summed E-state index contributed by atoms with van der Waals surface area (Å²) in [7, 11) is 0. The maximum atomic E-state index is 9.67. The van der Waals surface area contributed by atoms with Gasteiger partial charge in [-0.1, -0.05) is 0 Å². The van der Waals surface area contributed by atoms with Gasteiger partial charge in [0, 0.05) is 12.8 Å². The second-order valence-corrected chi connectivity index (χ2v) is 1.67. The quantitative estimate of drug-likeness (QED) is 0.385. The average molecular weight is 125 g/mol. The van der Waals surface area contributed by atoms with Crippen molar-refractivity contribution in [1.29, 1.82) is 0 Å². The number of nitrogens with zero attached hydrogens (tertiary/aromatic N) is 2. The second kappa shape index (κ2) is 3.12. The lowest BCUT2D eigenvalue weighted by Gasteiger charge is -2.10. The summed E-state index contributed by atoms with van der Waals surface area (Å²) in [6, 6.07) is 0. The van der Waals surface area contributed by atoms with Crippen molar-refractivity contribution in [2.24, 2.45) is 9.98 Å². The monoisotopic (exact) mass is 125 g/mol. The number of nitrogens with one attached hydrogen (secondary N) is 1. The first-order valence-electron chi connectivity index (χ1n) is 2.75. The van der Waals surface area contributed by atoms with Crippen LogP contribution in [0.5, 0.6) is 0 Å². The topological polar surface area (TPSA) is 53.8 Å². The van der Waals surface area contributed by atoms with E-state index in [-0.39, 0.29) is 6.29 Å². The van der Waals surface area contributed by atoms with Crippen molar-refractivity contribution in [1.82, 2.24) is 5.32 Å². The predicted octanol–water partition coefficient (Wildman–Crippen LogP) is -0.330. The molecule has 1 atom stereocenters. The molecule has 4 heteroatoms. The van der Waals surface area contributed by atoms with Gasteiger partial charge in [-0.2, -0.15) is 4.99 Å². The molecule has 1 rings (SSSR count). The van der Waals surface area contributed by atoms with Crippen LogP contribution in [0.4, 0.5) is 0 Å². The molecule has 1 aliphatic heterocycles. The maximum Gasteiger partial charge on any atom is 0.238 e. The minimum Gasteiger partial charge on any atom is -0.276 e. The van der Waals surface area contributed by atoms with Gasteiger partial charge in [0.15, 0.2) is 0 Å². The first kappa shape index (κ1) is 6.13. The Hall–Kier alpha value is -0.990. The summed E-state index contributed by atoms with van der Waals surface area (Å²) >= 11 is 0. The van der Waals surface area contributed by atoms with Crippen LogP contribution in [0.1, 0.15) is 6.42 Å². The van der Waals surface area contributed by atoms with E-state index in [1.807, 2.05) is 0 Å². The molecule has 0 aromatic carbocycles. The van der Waals surface area contributed by atoms with Crippen molar-refractivity contribution in [2.45, 2.75) is 12.7 Å². The SMILES string of the molecule is O=C=NC1N=CCCN1. The van der Waals surface area contributed by atoms with E-state index in [2.05, 4.69) is 15.3 Å². The zero-order valence-corrected chi connectivity index (χ0v) is 4.87. The van der Waals surface area contributed by atoms with Crippen molar-refractivity contribution >= 4 is 12.3 Å². The molecule has 0 saturated carbocycles. The Morgan fingerprint density at radius 2 is 2.78 bits per heavy atom. The van der Waals surface area contributed by atoms with Crippen molar-refractivity contribution in [3.8, 4) is 0 Å². The fourth-order valence-electron chi connectivity index (χ4n) is 0.633. The summed E-state index contributed by atoms with van der Waals surface area (Å²) in [4.78, 5) is 16.9. The molecule has 0 aliphatic carbocycles. The van der Waals surface area contributed by atoms with Gasteiger partial charge in [-0.15, -0.1) is 0 Å². The van der Waals surface area contributed by atoms with Crippen LogP contribution in [0.2, 0.25) is 0 Å². The Morgan fingerprint density at radius 3 is 3.33 bits per heavy atom. The van der Waals surface area contributed by atoms with Crippen molar-refractivity contribution in [3.63, 3.8) is 0 Å². The number of carbonyl (C=O) groups excluding carboxylic acids is 1. The summed E-state index contributed by atoms with van der Waals surface area (Å²) in [5, 5.41) is 2.89. The summed E-state index contributed by atoms with van der Waals surface area (Å²) in [5.41, 5.74) is 0. The highest BCUT2D eigenvalue weighted by molar-refractivity contribution is 5.58. The molecule has 48 valence electrons. The number of aliphatic imine (C=N–C) groups is 2. The standard InChI is InChI=1S/C5H7N3O/c9-4-8-5-6-2-1-3-7-5/h2,5,7H,1,3H2. The van der Waals surface area contributed by atoms with Gasteiger partial charge in [0.1, 0.15) is 0 Å². The van der Waals surface area contributed by atoms with E-state index < -0.39 is 0 Å². The van der Waals surface area contributed by atoms with Gasteiger partial charge in [-0.3, -0.25) is 10.3 Å². The molecule has 0 amide bonds. The van der Waals surface area contributed by atoms with E-state index >= 15 is 0 Å². The molecule has 0 fully saturated rings. The number of hydrogen-bond acceptors (Lipinski definition) is 4. The van der Waals surface area contributed by atoms with Gasteiger partial charge < -0.3 is 0 Å². The first-order valence-corrected chi connectivity index (χ1v) is 2.75. The van der Waals surface area contributed by atoms with Crippen LogP contribution in [0.15, 0.2) is 9.98 Å². The molecular weight excluding hydrogens is 118 g/mol. The smallest absolute Gasteiger partial charge is 0.238 e. The van der Waals surface area contributed by atoms with E-state index in [4.69, 9.17) is 0 Å². The number of rotatable bonds is 1. The van der Waals surface area contributed by atoms with Crippen molar-refractivity contribution in [3.05, 3.63) is 0 Å². The van der Waals surface area contributed by atoms with Crippen LogP contribution < -0.4 is 5.32 Å². The molecule has 4 nitrogen and oxygen atoms in total. The van der Waals surface area contributed by atoms with Gasteiger partial charge in [0.2, 0.25) is 12.4 Å². The van der Waals surface area contributed by atoms with Gasteiger partial charge in [-0.25, -0.2) is 4.79 Å². The highest BCUT2D eigenvalue weighted by atomic mass is 16.1. The van der Waals surface area contributed by atoms with Crippen LogP contribution >= 0.6 is 0 Å². The molecule has 1 unspecified atom stereocenters. The maximum absolute atomic E-state index is 9.67. The van der Waals surface area contributed by atoms with Gasteiger partial charge in [-0.05, 0) is 6.42 Å². The zero-order valence-electron chi connectivity index (χ0n) is 4.87. The van der Waals surface area contributed by atoms with E-state index in [0.29, 0.717) is 0 Å². The Balaban J connectivity index is 2.49. The minimum atomic E-state index is -0.378. The van der Waals surface area contributed by atoms with Gasteiger partial charge >= 0.3 is 0 Å². The Kier molecular flexibility index (Phi) is 2.13. The van der Waals surface area contributed by atoms with E-state index in [0.717, 1.165) is 13.0 Å². The summed E-state index contributed by atoms with van der Waals surface area (Å²) in [6.45, 7) is 0.833. The lowest BCUT2D eigenvalue weighted by Crippen LogP contribution is -2.30. The van der Waals surface area contributed by atoms with Crippen LogP contribution in [-0.2, 0) is 4.79 Å². The third kappa shape index (κ3) is 1.76.